The van der Waals surface area contributed by atoms with E-state index in [1.807, 2.05) is 25.2 Å². The summed E-state index contributed by atoms with van der Waals surface area (Å²) in [5, 5.41) is 0. The fraction of sp³-hybridized carbons (Fsp3) is 0.385. The number of allylic oxidation sites excluding steroid dienone is 4. The van der Waals surface area contributed by atoms with E-state index in [2.05, 4.69) is 6.58 Å². The summed E-state index contributed by atoms with van der Waals surface area (Å²) in [6.07, 6.45) is 7.42. The second kappa shape index (κ2) is 6.03. The third-order valence-corrected chi connectivity index (χ3v) is 2.48. The van der Waals surface area contributed by atoms with E-state index in [0.717, 1.165) is 5.57 Å². The predicted octanol–water partition coefficient (Wildman–Crippen LogP) is 2.43. The highest BCUT2D eigenvalue weighted by atomic mass is 16.6. The van der Waals surface area contributed by atoms with Crippen LogP contribution in [0.25, 0.3) is 0 Å². The van der Waals surface area contributed by atoms with Gasteiger partial charge in [-0.15, -0.1) is 0 Å². The van der Waals surface area contributed by atoms with Crippen molar-refractivity contribution in [2.45, 2.75) is 26.3 Å². The van der Waals surface area contributed by atoms with Crippen LogP contribution in [-0.2, 0) is 9.53 Å². The van der Waals surface area contributed by atoms with Crippen molar-refractivity contribution in [2.24, 2.45) is 0 Å². The number of nitrogens with zero attached hydrogens (tertiary/aromatic N) is 1. The van der Waals surface area contributed by atoms with E-state index >= 15 is 0 Å². The lowest BCUT2D eigenvalue weighted by Gasteiger charge is -2.17. The molecule has 4 heteroatoms. The Kier molecular flexibility index (Phi) is 4.69. The maximum atomic E-state index is 11.3. The lowest BCUT2D eigenvalue weighted by atomic mass is 10.1. The van der Waals surface area contributed by atoms with Crippen molar-refractivity contribution in [1.29, 1.82) is 0 Å². The molecule has 1 aliphatic heterocycles. The zero-order valence-corrected chi connectivity index (χ0v) is 10.2. The van der Waals surface area contributed by atoms with Crippen LogP contribution < -0.4 is 0 Å². The summed E-state index contributed by atoms with van der Waals surface area (Å²) in [6, 6.07) is -0.220. The Labute approximate surface area is 101 Å². The zero-order chi connectivity index (χ0) is 12.8. The molecule has 1 rings (SSSR count). The first-order chi connectivity index (χ1) is 8.10. The van der Waals surface area contributed by atoms with Gasteiger partial charge in [0.25, 0.3) is 0 Å². The largest absolute Gasteiger partial charge is 0.447 e. The summed E-state index contributed by atoms with van der Waals surface area (Å²) in [6.45, 7) is 7.17. The summed E-state index contributed by atoms with van der Waals surface area (Å²) >= 11 is 0. The van der Waals surface area contributed by atoms with Gasteiger partial charge in [-0.05, 0) is 18.9 Å². The van der Waals surface area contributed by atoms with Gasteiger partial charge in [-0.3, -0.25) is 4.79 Å². The van der Waals surface area contributed by atoms with Gasteiger partial charge in [-0.25, -0.2) is 9.69 Å². The van der Waals surface area contributed by atoms with Crippen molar-refractivity contribution in [3.8, 4) is 0 Å². The van der Waals surface area contributed by atoms with Gasteiger partial charge in [-0.2, -0.15) is 0 Å². The Balaban J connectivity index is 2.79. The Morgan fingerprint density at radius 2 is 2.35 bits per heavy atom. The number of ether oxygens (including phenoxy) is 1. The van der Waals surface area contributed by atoms with Crippen molar-refractivity contribution in [2.75, 3.05) is 6.61 Å². The van der Waals surface area contributed by atoms with Gasteiger partial charge >= 0.3 is 6.09 Å². The second-order valence-electron chi connectivity index (χ2n) is 3.80. The summed E-state index contributed by atoms with van der Waals surface area (Å²) < 4.78 is 4.89. The minimum absolute atomic E-state index is 0.220. The summed E-state index contributed by atoms with van der Waals surface area (Å²) in [7, 11) is 0. The molecule has 2 amide bonds. The van der Waals surface area contributed by atoms with Crippen molar-refractivity contribution in [3.05, 3.63) is 36.5 Å². The molecule has 1 fully saturated rings. The third-order valence-electron chi connectivity index (χ3n) is 2.48. The quantitative estimate of drug-likeness (QED) is 0.703. The van der Waals surface area contributed by atoms with E-state index in [4.69, 9.17) is 4.74 Å². The zero-order valence-electron chi connectivity index (χ0n) is 10.2. The normalized spacial score (nSPS) is 20.8. The van der Waals surface area contributed by atoms with Crippen LogP contribution in [0.3, 0.4) is 0 Å². The first-order valence-electron chi connectivity index (χ1n) is 5.51. The highest BCUT2D eigenvalue weighted by molar-refractivity contribution is 5.92. The average molecular weight is 235 g/mol. The third kappa shape index (κ3) is 3.31. The topological polar surface area (TPSA) is 46.6 Å². The van der Waals surface area contributed by atoms with Crippen molar-refractivity contribution in [3.63, 3.8) is 0 Å². The fourth-order valence-electron chi connectivity index (χ4n) is 1.83. The molecule has 1 aliphatic rings. The molecule has 0 aromatic heterocycles. The SMILES string of the molecule is C=C/C=C(\C=C/C)C[C@H]1COC(=O)N1C(C)=O. The number of cyclic esters (lactones) is 1. The van der Waals surface area contributed by atoms with Gasteiger partial charge in [0.15, 0.2) is 0 Å². The van der Waals surface area contributed by atoms with Crippen LogP contribution in [0.4, 0.5) is 4.79 Å². The minimum Gasteiger partial charge on any atom is -0.447 e. The predicted molar refractivity (Wildman–Crippen MR) is 65.4 cm³/mol. The van der Waals surface area contributed by atoms with Crippen LogP contribution in [0.5, 0.6) is 0 Å². The highest BCUT2D eigenvalue weighted by Crippen LogP contribution is 2.20. The molecule has 0 aromatic rings. The highest BCUT2D eigenvalue weighted by Gasteiger charge is 2.35. The first kappa shape index (κ1) is 13.2. The number of hydrogen-bond donors (Lipinski definition) is 0. The van der Waals surface area contributed by atoms with Gasteiger partial charge in [0.05, 0.1) is 6.04 Å². The molecular weight excluding hydrogens is 218 g/mol. The van der Waals surface area contributed by atoms with E-state index in [-0.39, 0.29) is 18.6 Å². The number of imide groups is 1. The van der Waals surface area contributed by atoms with Crippen LogP contribution >= 0.6 is 0 Å². The monoisotopic (exact) mass is 235 g/mol. The Hall–Kier alpha value is -1.84. The molecule has 1 heterocycles. The van der Waals surface area contributed by atoms with E-state index < -0.39 is 6.09 Å². The maximum absolute atomic E-state index is 11.3. The van der Waals surface area contributed by atoms with Gasteiger partial charge in [0.1, 0.15) is 6.61 Å². The molecule has 92 valence electrons. The molecule has 0 N–H and O–H groups in total. The number of carbonyl (C=O) groups is 2. The smallest absolute Gasteiger partial charge is 0.416 e. The molecule has 0 saturated carbocycles. The summed E-state index contributed by atoms with van der Waals surface area (Å²) in [4.78, 5) is 23.8. The van der Waals surface area contributed by atoms with Crippen molar-refractivity contribution >= 4 is 12.0 Å². The molecule has 0 unspecified atom stereocenters. The van der Waals surface area contributed by atoms with Crippen LogP contribution in [0.1, 0.15) is 20.3 Å². The number of amides is 2. The second-order valence-corrected chi connectivity index (χ2v) is 3.80. The van der Waals surface area contributed by atoms with E-state index in [1.165, 1.54) is 11.8 Å². The molecule has 4 nitrogen and oxygen atoms in total. The first-order valence-corrected chi connectivity index (χ1v) is 5.51. The van der Waals surface area contributed by atoms with Crippen molar-refractivity contribution < 1.29 is 14.3 Å². The van der Waals surface area contributed by atoms with E-state index in [1.54, 1.807) is 6.08 Å². The van der Waals surface area contributed by atoms with Crippen molar-refractivity contribution in [1.82, 2.24) is 4.90 Å². The minimum atomic E-state index is -0.555. The molecule has 0 bridgehead atoms. The lowest BCUT2D eigenvalue weighted by Crippen LogP contribution is -2.37. The molecule has 17 heavy (non-hydrogen) atoms. The van der Waals surface area contributed by atoms with Crippen LogP contribution in [0, 0.1) is 0 Å². The van der Waals surface area contributed by atoms with Gasteiger partial charge < -0.3 is 4.74 Å². The van der Waals surface area contributed by atoms with Gasteiger partial charge in [0, 0.05) is 6.92 Å². The van der Waals surface area contributed by atoms with Gasteiger partial charge in [0.2, 0.25) is 5.91 Å². The van der Waals surface area contributed by atoms with Crippen LogP contribution in [0.2, 0.25) is 0 Å². The Morgan fingerprint density at radius 1 is 1.65 bits per heavy atom. The number of hydrogen-bond acceptors (Lipinski definition) is 3. The van der Waals surface area contributed by atoms with Gasteiger partial charge in [-0.1, -0.05) is 30.9 Å². The fourth-order valence-corrected chi connectivity index (χ4v) is 1.83. The molecule has 1 saturated heterocycles. The van der Waals surface area contributed by atoms with E-state index in [9.17, 15) is 9.59 Å². The maximum Gasteiger partial charge on any atom is 0.416 e. The Morgan fingerprint density at radius 3 is 2.88 bits per heavy atom. The number of carbonyl (C=O) groups excluding carboxylic acids is 2. The van der Waals surface area contributed by atoms with E-state index in [0.29, 0.717) is 6.42 Å². The molecule has 0 aromatic carbocycles. The van der Waals surface area contributed by atoms with Crippen LogP contribution in [0.15, 0.2) is 36.5 Å². The molecule has 0 aliphatic carbocycles. The average Bonchev–Trinajstić information content (AvgIpc) is 2.60. The lowest BCUT2D eigenvalue weighted by molar-refractivity contribution is -0.126. The standard InChI is InChI=1S/C13H17NO3/c1-4-6-11(7-5-2)8-12-9-17-13(16)14(12)10(3)15/h4-7,12H,1,8-9H2,2-3H3/b7-5-,11-6+/t12-/m0/s1. The summed E-state index contributed by atoms with van der Waals surface area (Å²) in [5.74, 6) is -0.282. The Bertz CT molecular complexity index is 382. The number of rotatable bonds is 4. The molecule has 1 atom stereocenters. The summed E-state index contributed by atoms with van der Waals surface area (Å²) in [5.41, 5.74) is 1.01. The molecule has 0 radical (unpaired) electrons. The van der Waals surface area contributed by atoms with Crippen LogP contribution in [-0.4, -0.2) is 29.5 Å². The molecular formula is C13H17NO3. The molecule has 0 spiro atoms.